The number of aromatic amines is 1. The van der Waals surface area contributed by atoms with Crippen LogP contribution in [0.5, 0.6) is 0 Å². The van der Waals surface area contributed by atoms with Crippen LogP contribution >= 0.6 is 22.6 Å². The average Bonchev–Trinajstić information content (AvgIpc) is 2.04. The summed E-state index contributed by atoms with van der Waals surface area (Å²) in [7, 11) is 0. The lowest BCUT2D eigenvalue weighted by molar-refractivity contribution is 1.39. The fourth-order valence-electron chi connectivity index (χ4n) is 1.19. The Labute approximate surface area is 82.8 Å². The van der Waals surface area contributed by atoms with Gasteiger partial charge in [0.15, 0.2) is 5.43 Å². The zero-order valence-electron chi connectivity index (χ0n) is 6.17. The first-order chi connectivity index (χ1) is 5.79. The van der Waals surface area contributed by atoms with E-state index in [1.807, 2.05) is 18.2 Å². The summed E-state index contributed by atoms with van der Waals surface area (Å²) in [6.45, 7) is 0. The second-order valence-electron chi connectivity index (χ2n) is 2.50. The molecule has 0 radical (unpaired) electrons. The van der Waals surface area contributed by atoms with Gasteiger partial charge in [-0.3, -0.25) is 4.79 Å². The number of aromatic nitrogens is 1. The van der Waals surface area contributed by atoms with Gasteiger partial charge < -0.3 is 4.98 Å². The van der Waals surface area contributed by atoms with Gasteiger partial charge in [-0.1, -0.05) is 6.07 Å². The first kappa shape index (κ1) is 7.79. The van der Waals surface area contributed by atoms with Crippen molar-refractivity contribution in [2.45, 2.75) is 0 Å². The molecule has 2 aromatic rings. The summed E-state index contributed by atoms with van der Waals surface area (Å²) in [5.74, 6) is 0. The Morgan fingerprint density at radius 1 is 1.25 bits per heavy atom. The summed E-state index contributed by atoms with van der Waals surface area (Å²) in [6, 6.07) is 7.31. The predicted octanol–water partition coefficient (Wildman–Crippen LogP) is 2.13. The van der Waals surface area contributed by atoms with Crippen molar-refractivity contribution in [3.8, 4) is 0 Å². The number of pyridine rings is 1. The summed E-state index contributed by atoms with van der Waals surface area (Å²) in [5, 5.41) is 0.778. The van der Waals surface area contributed by atoms with Crippen LogP contribution in [-0.4, -0.2) is 4.98 Å². The van der Waals surface area contributed by atoms with Gasteiger partial charge in [-0.2, -0.15) is 0 Å². The fraction of sp³-hybridized carbons (Fsp3) is 0. The van der Waals surface area contributed by atoms with E-state index in [1.165, 1.54) is 0 Å². The minimum atomic E-state index is 0.0775. The predicted molar refractivity (Wildman–Crippen MR) is 57.3 cm³/mol. The molecule has 2 rings (SSSR count). The van der Waals surface area contributed by atoms with Crippen LogP contribution < -0.4 is 5.43 Å². The van der Waals surface area contributed by atoms with Gasteiger partial charge in [0.2, 0.25) is 0 Å². The van der Waals surface area contributed by atoms with Crippen molar-refractivity contribution in [3.63, 3.8) is 0 Å². The van der Waals surface area contributed by atoms with Gasteiger partial charge in [0.1, 0.15) is 0 Å². The molecular weight excluding hydrogens is 265 g/mol. The Balaban J connectivity index is 3.07. The highest BCUT2D eigenvalue weighted by molar-refractivity contribution is 14.1. The molecule has 0 bridgehead atoms. The lowest BCUT2D eigenvalue weighted by Gasteiger charge is -1.97. The molecular formula is C9H6INO. The van der Waals surface area contributed by atoms with Crippen molar-refractivity contribution < 1.29 is 0 Å². The second kappa shape index (κ2) is 2.90. The third-order valence-corrected chi connectivity index (χ3v) is 2.63. The van der Waals surface area contributed by atoms with Gasteiger partial charge in [-0.05, 0) is 34.7 Å². The molecule has 1 heterocycles. The quantitative estimate of drug-likeness (QED) is 0.731. The highest BCUT2D eigenvalue weighted by Crippen LogP contribution is 2.13. The van der Waals surface area contributed by atoms with Crippen LogP contribution in [0.3, 0.4) is 0 Å². The Hall–Kier alpha value is -0.840. The van der Waals surface area contributed by atoms with Gasteiger partial charge in [0.25, 0.3) is 0 Å². The van der Waals surface area contributed by atoms with Gasteiger partial charge in [-0.25, -0.2) is 0 Å². The van der Waals surface area contributed by atoms with Crippen molar-refractivity contribution in [3.05, 3.63) is 44.3 Å². The molecule has 0 saturated heterocycles. The summed E-state index contributed by atoms with van der Waals surface area (Å²) >= 11 is 2.16. The molecule has 1 aromatic carbocycles. The summed E-state index contributed by atoms with van der Waals surface area (Å²) in [5.41, 5.74) is 0.975. The van der Waals surface area contributed by atoms with Crippen molar-refractivity contribution in [2.75, 3.05) is 0 Å². The standard InChI is InChI=1S/C9H6INO/c10-6-2-1-3-7-9(6)8(12)4-5-11-7/h1-5H,(H,11,12). The van der Waals surface area contributed by atoms with Crippen molar-refractivity contribution in [1.82, 2.24) is 4.98 Å². The van der Waals surface area contributed by atoms with E-state index in [0.29, 0.717) is 0 Å². The smallest absolute Gasteiger partial charge is 0.190 e. The maximum Gasteiger partial charge on any atom is 0.190 e. The van der Waals surface area contributed by atoms with Crippen LogP contribution in [-0.2, 0) is 0 Å². The van der Waals surface area contributed by atoms with E-state index in [0.717, 1.165) is 14.5 Å². The highest BCUT2D eigenvalue weighted by Gasteiger charge is 1.99. The number of benzene rings is 1. The Kier molecular flexibility index (Phi) is 1.88. The molecule has 12 heavy (non-hydrogen) atoms. The van der Waals surface area contributed by atoms with E-state index < -0.39 is 0 Å². The largest absolute Gasteiger partial charge is 0.361 e. The van der Waals surface area contributed by atoms with E-state index in [1.54, 1.807) is 12.3 Å². The summed E-state index contributed by atoms with van der Waals surface area (Å²) in [4.78, 5) is 14.4. The van der Waals surface area contributed by atoms with E-state index in [2.05, 4.69) is 27.6 Å². The molecule has 0 spiro atoms. The SMILES string of the molecule is O=c1cc[nH]c2cccc(I)c12. The monoisotopic (exact) mass is 271 g/mol. The normalized spacial score (nSPS) is 10.4. The second-order valence-corrected chi connectivity index (χ2v) is 3.67. The minimum absolute atomic E-state index is 0.0775. The molecule has 0 aliphatic carbocycles. The van der Waals surface area contributed by atoms with Crippen molar-refractivity contribution in [2.24, 2.45) is 0 Å². The summed E-state index contributed by atoms with van der Waals surface area (Å²) in [6.07, 6.45) is 1.67. The number of hydrogen-bond acceptors (Lipinski definition) is 1. The molecule has 0 amide bonds. The van der Waals surface area contributed by atoms with Crippen LogP contribution in [0, 0.1) is 3.57 Å². The highest BCUT2D eigenvalue weighted by atomic mass is 127. The van der Waals surface area contributed by atoms with Crippen LogP contribution in [0.25, 0.3) is 10.9 Å². The van der Waals surface area contributed by atoms with Crippen LogP contribution in [0.1, 0.15) is 0 Å². The van der Waals surface area contributed by atoms with Crippen LogP contribution in [0.2, 0.25) is 0 Å². The number of rotatable bonds is 0. The molecule has 0 aliphatic rings. The maximum atomic E-state index is 11.4. The molecule has 1 N–H and O–H groups in total. The van der Waals surface area contributed by atoms with E-state index in [-0.39, 0.29) is 5.43 Å². The number of hydrogen-bond donors (Lipinski definition) is 1. The first-order valence-electron chi connectivity index (χ1n) is 3.55. The average molecular weight is 271 g/mol. The molecule has 2 nitrogen and oxygen atoms in total. The Morgan fingerprint density at radius 3 is 2.83 bits per heavy atom. The number of nitrogens with one attached hydrogen (secondary N) is 1. The number of halogens is 1. The van der Waals surface area contributed by atoms with E-state index in [9.17, 15) is 4.79 Å². The Morgan fingerprint density at radius 2 is 2.08 bits per heavy atom. The van der Waals surface area contributed by atoms with Gasteiger partial charge in [0.05, 0.1) is 10.9 Å². The van der Waals surface area contributed by atoms with E-state index in [4.69, 9.17) is 0 Å². The zero-order chi connectivity index (χ0) is 8.55. The van der Waals surface area contributed by atoms with Crippen LogP contribution in [0.4, 0.5) is 0 Å². The maximum absolute atomic E-state index is 11.4. The molecule has 0 unspecified atom stereocenters. The third-order valence-electron chi connectivity index (χ3n) is 1.73. The molecule has 0 fully saturated rings. The lowest BCUT2D eigenvalue weighted by atomic mass is 10.2. The van der Waals surface area contributed by atoms with E-state index >= 15 is 0 Å². The molecule has 60 valence electrons. The molecule has 0 saturated carbocycles. The molecule has 3 heteroatoms. The number of H-pyrrole nitrogens is 1. The van der Waals surface area contributed by atoms with Gasteiger partial charge in [-0.15, -0.1) is 0 Å². The van der Waals surface area contributed by atoms with Crippen molar-refractivity contribution in [1.29, 1.82) is 0 Å². The molecule has 0 aliphatic heterocycles. The van der Waals surface area contributed by atoms with Crippen LogP contribution in [0.15, 0.2) is 35.3 Å². The molecule has 0 atom stereocenters. The summed E-state index contributed by atoms with van der Waals surface area (Å²) < 4.78 is 0.993. The zero-order valence-corrected chi connectivity index (χ0v) is 8.33. The number of fused-ring (bicyclic) bond motifs is 1. The van der Waals surface area contributed by atoms with Gasteiger partial charge >= 0.3 is 0 Å². The topological polar surface area (TPSA) is 32.9 Å². The first-order valence-corrected chi connectivity index (χ1v) is 4.63. The third kappa shape index (κ3) is 1.14. The molecule has 1 aromatic heterocycles. The van der Waals surface area contributed by atoms with Gasteiger partial charge in [0, 0.05) is 15.8 Å². The fourth-order valence-corrected chi connectivity index (χ4v) is 1.95. The minimum Gasteiger partial charge on any atom is -0.361 e. The van der Waals surface area contributed by atoms with Crippen molar-refractivity contribution >= 4 is 33.5 Å². The lowest BCUT2D eigenvalue weighted by Crippen LogP contribution is -2.01. The Bertz CT molecular complexity index is 470.